The zero-order valence-corrected chi connectivity index (χ0v) is 10.4. The summed E-state index contributed by atoms with van der Waals surface area (Å²) in [5.74, 6) is 0. The molecule has 1 aliphatic rings. The fraction of sp³-hybridized carbons (Fsp3) is 0.500. The summed E-state index contributed by atoms with van der Waals surface area (Å²) >= 11 is 7.46. The topological polar surface area (TPSA) is 12.0 Å². The second kappa shape index (κ2) is 5.15. The van der Waals surface area contributed by atoms with E-state index < -0.39 is 0 Å². The largest absolute Gasteiger partial charge is 0.308 e. The van der Waals surface area contributed by atoms with Gasteiger partial charge in [-0.25, -0.2) is 0 Å². The van der Waals surface area contributed by atoms with Crippen LogP contribution in [0.4, 0.5) is 0 Å². The molecule has 15 heavy (non-hydrogen) atoms. The molecule has 1 aliphatic heterocycles. The van der Waals surface area contributed by atoms with E-state index in [9.17, 15) is 0 Å². The van der Waals surface area contributed by atoms with Gasteiger partial charge in [-0.1, -0.05) is 30.2 Å². The van der Waals surface area contributed by atoms with Crippen LogP contribution in [0.2, 0.25) is 4.34 Å². The van der Waals surface area contributed by atoms with Crippen molar-refractivity contribution in [1.82, 2.24) is 5.32 Å². The zero-order chi connectivity index (χ0) is 10.7. The molecule has 1 fully saturated rings. The SMILES string of the molecule is CC1CCCC(/C=C/c2csc(Cl)c2)N1. The molecule has 2 rings (SSSR count). The molecule has 0 radical (unpaired) electrons. The lowest BCUT2D eigenvalue weighted by atomic mass is 9.99. The van der Waals surface area contributed by atoms with Crippen LogP contribution < -0.4 is 5.32 Å². The average molecular weight is 242 g/mol. The first-order valence-corrected chi connectivity index (χ1v) is 6.68. The summed E-state index contributed by atoms with van der Waals surface area (Å²) in [5, 5.41) is 5.67. The van der Waals surface area contributed by atoms with E-state index in [-0.39, 0.29) is 0 Å². The first-order chi connectivity index (χ1) is 7.24. The molecule has 0 aromatic carbocycles. The number of thiophene rings is 1. The lowest BCUT2D eigenvalue weighted by molar-refractivity contribution is 0.375. The number of nitrogens with one attached hydrogen (secondary N) is 1. The number of halogens is 1. The van der Waals surface area contributed by atoms with Crippen molar-refractivity contribution in [2.45, 2.75) is 38.3 Å². The first kappa shape index (κ1) is 11.2. The van der Waals surface area contributed by atoms with Crippen LogP contribution in [-0.4, -0.2) is 12.1 Å². The maximum atomic E-state index is 5.87. The van der Waals surface area contributed by atoms with Gasteiger partial charge in [0.05, 0.1) is 4.34 Å². The number of piperidine rings is 1. The van der Waals surface area contributed by atoms with Crippen LogP contribution in [-0.2, 0) is 0 Å². The average Bonchev–Trinajstić information content (AvgIpc) is 2.62. The fourth-order valence-corrected chi connectivity index (χ4v) is 2.82. The van der Waals surface area contributed by atoms with Crippen molar-refractivity contribution < 1.29 is 0 Å². The Morgan fingerprint density at radius 2 is 2.40 bits per heavy atom. The predicted octanol–water partition coefficient (Wildman–Crippen LogP) is 3.95. The molecular formula is C12H16ClNS. The van der Waals surface area contributed by atoms with Crippen LogP contribution in [0.1, 0.15) is 31.7 Å². The minimum absolute atomic E-state index is 0.535. The molecule has 2 unspecified atom stereocenters. The van der Waals surface area contributed by atoms with Gasteiger partial charge in [-0.2, -0.15) is 0 Å². The van der Waals surface area contributed by atoms with E-state index in [0.29, 0.717) is 12.1 Å². The Labute approximate surface area is 100 Å². The molecule has 1 aromatic heterocycles. The van der Waals surface area contributed by atoms with E-state index in [0.717, 1.165) is 4.34 Å². The second-order valence-corrected chi connectivity index (χ2v) is 5.69. The third-order valence-corrected chi connectivity index (χ3v) is 3.87. The highest BCUT2D eigenvalue weighted by Gasteiger charge is 2.14. The summed E-state index contributed by atoms with van der Waals surface area (Å²) in [5.41, 5.74) is 1.21. The third-order valence-electron chi connectivity index (χ3n) is 2.76. The lowest BCUT2D eigenvalue weighted by Crippen LogP contribution is -2.39. The Morgan fingerprint density at radius 3 is 3.07 bits per heavy atom. The maximum absolute atomic E-state index is 5.87. The minimum Gasteiger partial charge on any atom is -0.308 e. The lowest BCUT2D eigenvalue weighted by Gasteiger charge is -2.26. The quantitative estimate of drug-likeness (QED) is 0.827. The molecule has 0 aliphatic carbocycles. The van der Waals surface area contributed by atoms with E-state index in [1.165, 1.54) is 24.8 Å². The fourth-order valence-electron chi connectivity index (χ4n) is 1.97. The molecule has 0 spiro atoms. The van der Waals surface area contributed by atoms with Gasteiger partial charge in [0.1, 0.15) is 0 Å². The normalized spacial score (nSPS) is 27.3. The molecule has 2 heterocycles. The van der Waals surface area contributed by atoms with Crippen LogP contribution in [0.15, 0.2) is 17.5 Å². The molecule has 0 saturated carbocycles. The first-order valence-electron chi connectivity index (χ1n) is 5.42. The Bertz CT molecular complexity index is 345. The highest BCUT2D eigenvalue weighted by molar-refractivity contribution is 7.14. The second-order valence-electron chi connectivity index (χ2n) is 4.15. The van der Waals surface area contributed by atoms with Gasteiger partial charge in [-0.15, -0.1) is 11.3 Å². The Kier molecular flexibility index (Phi) is 3.84. The number of hydrogen-bond donors (Lipinski definition) is 1. The maximum Gasteiger partial charge on any atom is 0.0934 e. The van der Waals surface area contributed by atoms with E-state index >= 15 is 0 Å². The number of rotatable bonds is 2. The standard InChI is InChI=1S/C12H16ClNS/c1-9-3-2-4-11(14-9)6-5-10-7-12(13)15-8-10/h5-9,11,14H,2-4H2,1H3/b6-5+. The molecule has 1 aromatic rings. The van der Waals surface area contributed by atoms with Crippen LogP contribution in [0.3, 0.4) is 0 Å². The molecule has 82 valence electrons. The van der Waals surface area contributed by atoms with Gasteiger partial charge in [0.25, 0.3) is 0 Å². The highest BCUT2D eigenvalue weighted by Crippen LogP contribution is 2.21. The summed E-state index contributed by atoms with van der Waals surface area (Å²) < 4.78 is 0.861. The monoisotopic (exact) mass is 241 g/mol. The van der Waals surface area contributed by atoms with Gasteiger partial charge < -0.3 is 5.32 Å². The summed E-state index contributed by atoms with van der Waals surface area (Å²) in [4.78, 5) is 0. The Hall–Kier alpha value is -0.310. The van der Waals surface area contributed by atoms with Crippen LogP contribution in [0.25, 0.3) is 6.08 Å². The molecule has 1 saturated heterocycles. The van der Waals surface area contributed by atoms with Gasteiger partial charge in [0.2, 0.25) is 0 Å². The molecular weight excluding hydrogens is 226 g/mol. The van der Waals surface area contributed by atoms with Crippen LogP contribution in [0.5, 0.6) is 0 Å². The van der Waals surface area contributed by atoms with Crippen molar-refractivity contribution in [3.8, 4) is 0 Å². The van der Waals surface area contributed by atoms with E-state index in [1.54, 1.807) is 11.3 Å². The third kappa shape index (κ3) is 3.33. The molecule has 1 nitrogen and oxygen atoms in total. The van der Waals surface area contributed by atoms with Gasteiger partial charge in [-0.3, -0.25) is 0 Å². The van der Waals surface area contributed by atoms with E-state index in [4.69, 9.17) is 11.6 Å². The summed E-state index contributed by atoms with van der Waals surface area (Å²) in [7, 11) is 0. The molecule has 3 heteroatoms. The molecule has 2 atom stereocenters. The van der Waals surface area contributed by atoms with Gasteiger partial charge in [0.15, 0.2) is 0 Å². The van der Waals surface area contributed by atoms with Crippen molar-refractivity contribution in [3.63, 3.8) is 0 Å². The Morgan fingerprint density at radius 1 is 1.53 bits per heavy atom. The number of hydrogen-bond acceptors (Lipinski definition) is 2. The van der Waals surface area contributed by atoms with Gasteiger partial charge in [-0.05, 0) is 36.8 Å². The highest BCUT2D eigenvalue weighted by atomic mass is 35.5. The smallest absolute Gasteiger partial charge is 0.0934 e. The summed E-state index contributed by atoms with van der Waals surface area (Å²) in [6.45, 7) is 2.25. The van der Waals surface area contributed by atoms with Crippen LogP contribution in [0, 0.1) is 0 Å². The van der Waals surface area contributed by atoms with Gasteiger partial charge >= 0.3 is 0 Å². The summed E-state index contributed by atoms with van der Waals surface area (Å²) in [6, 6.07) is 3.20. The van der Waals surface area contributed by atoms with Crippen molar-refractivity contribution in [3.05, 3.63) is 27.4 Å². The summed E-state index contributed by atoms with van der Waals surface area (Å²) in [6.07, 6.45) is 8.30. The van der Waals surface area contributed by atoms with Crippen molar-refractivity contribution in [1.29, 1.82) is 0 Å². The molecule has 0 bridgehead atoms. The predicted molar refractivity (Wildman–Crippen MR) is 68.6 cm³/mol. The van der Waals surface area contributed by atoms with Gasteiger partial charge in [0, 0.05) is 12.1 Å². The van der Waals surface area contributed by atoms with Crippen LogP contribution >= 0.6 is 22.9 Å². The molecule has 1 N–H and O–H groups in total. The van der Waals surface area contributed by atoms with Crippen molar-refractivity contribution in [2.24, 2.45) is 0 Å². The van der Waals surface area contributed by atoms with Crippen molar-refractivity contribution in [2.75, 3.05) is 0 Å². The van der Waals surface area contributed by atoms with Crippen molar-refractivity contribution >= 4 is 29.0 Å². The Balaban J connectivity index is 1.93. The minimum atomic E-state index is 0.535. The molecule has 0 amide bonds. The zero-order valence-electron chi connectivity index (χ0n) is 8.87. The van der Waals surface area contributed by atoms with E-state index in [2.05, 4.69) is 29.8 Å². The van der Waals surface area contributed by atoms with E-state index in [1.807, 2.05) is 6.07 Å².